The van der Waals surface area contributed by atoms with Crippen molar-refractivity contribution >= 4 is 23.2 Å². The third-order valence-electron chi connectivity index (χ3n) is 7.98. The number of hydrogen-bond acceptors (Lipinski definition) is 3. The zero-order valence-corrected chi connectivity index (χ0v) is 21.6. The Balaban J connectivity index is 1.39. The molecule has 1 aromatic carbocycles. The van der Waals surface area contributed by atoms with Gasteiger partial charge in [-0.1, -0.05) is 29.3 Å². The standard InChI is InChI=1S/C29H32ClFN3O2/c1-5-28(3,31)21-17-20(10-11-27(2,19-21)36-4)26(35)33-15-12-29(13-16-33)25-7-6-14-34(25)24-18-22(30)8-9-23(24)32-29/h5-10,14,17-18,32H,1,3,11-13,15-16,19H2,2,4H3/q-1. The minimum absolute atomic E-state index is 0.0964. The summed E-state index contributed by atoms with van der Waals surface area (Å²) >= 11 is 6.27. The lowest BCUT2D eigenvalue weighted by Gasteiger charge is -2.46. The number of aromatic nitrogens is 1. The second kappa shape index (κ2) is 8.93. The highest BCUT2D eigenvalue weighted by atomic mass is 35.5. The van der Waals surface area contributed by atoms with E-state index in [1.807, 2.05) is 42.2 Å². The van der Waals surface area contributed by atoms with E-state index in [0.717, 1.165) is 24.2 Å². The number of benzene rings is 1. The average Bonchev–Trinajstić information content (AvgIpc) is 3.31. The van der Waals surface area contributed by atoms with E-state index in [-0.39, 0.29) is 11.4 Å². The predicted molar refractivity (Wildman–Crippen MR) is 142 cm³/mol. The van der Waals surface area contributed by atoms with E-state index in [1.165, 1.54) is 11.8 Å². The first-order chi connectivity index (χ1) is 17.1. The van der Waals surface area contributed by atoms with Crippen molar-refractivity contribution in [1.29, 1.82) is 0 Å². The molecule has 190 valence electrons. The van der Waals surface area contributed by atoms with Crippen LogP contribution in [0.25, 0.3) is 5.69 Å². The van der Waals surface area contributed by atoms with Crippen molar-refractivity contribution in [3.8, 4) is 5.69 Å². The molecule has 2 aromatic rings. The quantitative estimate of drug-likeness (QED) is 0.398. The van der Waals surface area contributed by atoms with Crippen LogP contribution in [0.15, 0.2) is 72.5 Å². The van der Waals surface area contributed by atoms with E-state index in [4.69, 9.17) is 16.3 Å². The van der Waals surface area contributed by atoms with E-state index < -0.39 is 11.3 Å². The van der Waals surface area contributed by atoms with Crippen LogP contribution in [0.5, 0.6) is 0 Å². The second-order valence-corrected chi connectivity index (χ2v) is 10.8. The lowest BCUT2D eigenvalue weighted by atomic mass is 9.82. The Bertz CT molecular complexity index is 1270. The van der Waals surface area contributed by atoms with Gasteiger partial charge in [0.1, 0.15) is 0 Å². The number of nitrogens with zero attached hydrogens (tertiary/aromatic N) is 2. The van der Waals surface area contributed by atoms with E-state index in [9.17, 15) is 4.79 Å². The highest BCUT2D eigenvalue weighted by molar-refractivity contribution is 6.30. The summed E-state index contributed by atoms with van der Waals surface area (Å²) in [6, 6.07) is 10.0. The molecule has 1 spiro atoms. The largest absolute Gasteiger partial charge is 0.378 e. The molecule has 1 aromatic heterocycles. The van der Waals surface area contributed by atoms with Gasteiger partial charge in [-0.3, -0.25) is 16.1 Å². The average molecular weight is 509 g/mol. The van der Waals surface area contributed by atoms with Gasteiger partial charge in [-0.25, -0.2) is 0 Å². The number of rotatable bonds is 4. The molecule has 3 aliphatic rings. The molecule has 1 N–H and O–H groups in total. The third kappa shape index (κ3) is 4.20. The Labute approximate surface area is 217 Å². The minimum atomic E-state index is -1.97. The van der Waals surface area contributed by atoms with Crippen molar-refractivity contribution in [2.75, 3.05) is 25.5 Å². The number of hydrogen-bond donors (Lipinski definition) is 1. The zero-order valence-electron chi connectivity index (χ0n) is 20.8. The molecule has 2 atom stereocenters. The number of piperidine rings is 1. The summed E-state index contributed by atoms with van der Waals surface area (Å²) in [5.41, 5.74) is 1.23. The molecule has 1 amide bonds. The summed E-state index contributed by atoms with van der Waals surface area (Å²) in [6.45, 7) is 10.4. The monoisotopic (exact) mass is 508 g/mol. The SMILES string of the molecule is C=CC([CH2-])(F)C1=CC(C(=O)N2CCC3(CC2)Nc2ccc(Cl)cc2-n2cccc23)=CCC(C)(OC)C1. The molecular weight excluding hydrogens is 477 g/mol. The number of fused-ring (bicyclic) bond motifs is 4. The first-order valence-corrected chi connectivity index (χ1v) is 12.7. The molecule has 0 bridgehead atoms. The topological polar surface area (TPSA) is 46.5 Å². The normalized spacial score (nSPS) is 24.4. The van der Waals surface area contributed by atoms with Crippen LogP contribution < -0.4 is 5.32 Å². The molecule has 5 nitrogen and oxygen atoms in total. The molecule has 2 unspecified atom stereocenters. The molecule has 3 heterocycles. The van der Waals surface area contributed by atoms with E-state index >= 15 is 4.39 Å². The van der Waals surface area contributed by atoms with Crippen LogP contribution in [0.3, 0.4) is 0 Å². The lowest BCUT2D eigenvalue weighted by molar-refractivity contribution is -0.128. The summed E-state index contributed by atoms with van der Waals surface area (Å²) < 4.78 is 23.1. The number of likely N-dealkylation sites (tertiary alicyclic amines) is 1. The number of ether oxygens (including phenoxy) is 1. The Kier molecular flexibility index (Phi) is 6.16. The van der Waals surface area contributed by atoms with E-state index in [1.54, 1.807) is 13.2 Å². The molecule has 1 aliphatic carbocycles. The fourth-order valence-corrected chi connectivity index (χ4v) is 5.74. The Hall–Kier alpha value is -2.83. The van der Waals surface area contributed by atoms with Gasteiger partial charge in [0.2, 0.25) is 0 Å². The lowest BCUT2D eigenvalue weighted by Crippen LogP contribution is -2.51. The van der Waals surface area contributed by atoms with Crippen LogP contribution in [0, 0.1) is 6.92 Å². The van der Waals surface area contributed by atoms with Crippen LogP contribution in [-0.4, -0.2) is 46.8 Å². The number of allylic oxidation sites excluding steroid dienone is 1. The number of nitrogens with one attached hydrogen (secondary N) is 1. The maximum Gasteiger partial charge on any atom is 0.253 e. The van der Waals surface area contributed by atoms with Crippen molar-refractivity contribution in [2.24, 2.45) is 0 Å². The molecule has 0 radical (unpaired) electrons. The summed E-state index contributed by atoms with van der Waals surface area (Å²) in [6.07, 6.45) is 9.09. The fraction of sp³-hybridized carbons (Fsp3) is 0.379. The van der Waals surface area contributed by atoms with Crippen LogP contribution in [-0.2, 0) is 15.1 Å². The van der Waals surface area contributed by atoms with Crippen LogP contribution in [0.2, 0.25) is 5.02 Å². The van der Waals surface area contributed by atoms with Gasteiger partial charge in [0.25, 0.3) is 5.91 Å². The number of carbonyl (C=O) groups excluding carboxylic acids is 1. The van der Waals surface area contributed by atoms with Gasteiger partial charge in [-0.2, -0.15) is 0 Å². The van der Waals surface area contributed by atoms with Gasteiger partial charge in [0.05, 0.1) is 22.5 Å². The number of alkyl halides is 1. The molecule has 1 saturated heterocycles. The van der Waals surface area contributed by atoms with Crippen molar-refractivity contribution in [1.82, 2.24) is 9.47 Å². The smallest absolute Gasteiger partial charge is 0.253 e. The van der Waals surface area contributed by atoms with Crippen LogP contribution in [0.4, 0.5) is 10.1 Å². The van der Waals surface area contributed by atoms with Crippen molar-refractivity contribution in [3.63, 3.8) is 0 Å². The number of methoxy groups -OCH3 is 1. The maximum absolute atomic E-state index is 15.2. The van der Waals surface area contributed by atoms with Gasteiger partial charge >= 0.3 is 0 Å². The van der Waals surface area contributed by atoms with Crippen molar-refractivity contribution < 1.29 is 13.9 Å². The second-order valence-electron chi connectivity index (χ2n) is 10.4. The Morgan fingerprint density at radius 1 is 1.33 bits per heavy atom. The van der Waals surface area contributed by atoms with Gasteiger partial charge in [0.15, 0.2) is 0 Å². The molecule has 7 heteroatoms. The van der Waals surface area contributed by atoms with Crippen molar-refractivity contribution in [2.45, 2.75) is 49.4 Å². The summed E-state index contributed by atoms with van der Waals surface area (Å²) in [5, 5.41) is 4.45. The summed E-state index contributed by atoms with van der Waals surface area (Å²) in [5.74, 6) is -0.0964. The van der Waals surface area contributed by atoms with Gasteiger partial charge < -0.3 is 19.5 Å². The first-order valence-electron chi connectivity index (χ1n) is 12.3. The fourth-order valence-electron chi connectivity index (χ4n) is 5.57. The highest BCUT2D eigenvalue weighted by Crippen LogP contribution is 2.44. The van der Waals surface area contributed by atoms with Crippen LogP contribution >= 0.6 is 11.6 Å². The highest BCUT2D eigenvalue weighted by Gasteiger charge is 2.43. The van der Waals surface area contributed by atoms with E-state index in [2.05, 4.69) is 35.6 Å². The minimum Gasteiger partial charge on any atom is -0.378 e. The molecule has 5 rings (SSSR count). The Morgan fingerprint density at radius 3 is 2.78 bits per heavy atom. The first kappa shape index (κ1) is 24.8. The molecule has 2 aliphatic heterocycles. The number of halogens is 2. The molecule has 0 saturated carbocycles. The third-order valence-corrected chi connectivity index (χ3v) is 8.22. The number of anilines is 1. The number of carbonyl (C=O) groups is 1. The Morgan fingerprint density at radius 2 is 2.08 bits per heavy atom. The van der Waals surface area contributed by atoms with E-state index in [0.29, 0.717) is 42.1 Å². The van der Waals surface area contributed by atoms with Crippen LogP contribution in [0.1, 0.15) is 38.3 Å². The molecular formula is C29H32ClFN3O2-. The number of amides is 1. The zero-order chi connectivity index (χ0) is 25.7. The predicted octanol–water partition coefficient (Wildman–Crippen LogP) is 6.15. The summed E-state index contributed by atoms with van der Waals surface area (Å²) in [7, 11) is 1.61. The van der Waals surface area contributed by atoms with Gasteiger partial charge in [-0.15, -0.1) is 6.58 Å². The van der Waals surface area contributed by atoms with Crippen molar-refractivity contribution in [3.05, 3.63) is 90.1 Å². The van der Waals surface area contributed by atoms with Gasteiger partial charge in [0, 0.05) is 48.4 Å². The van der Waals surface area contributed by atoms with Gasteiger partial charge in [-0.05, 0) is 69.0 Å². The summed E-state index contributed by atoms with van der Waals surface area (Å²) in [4.78, 5) is 15.5. The molecule has 1 fully saturated rings. The molecule has 36 heavy (non-hydrogen) atoms. The maximum atomic E-state index is 15.2.